The number of benzene rings is 1. The number of aryl methyl sites for hydroxylation is 1. The molecule has 0 radical (unpaired) electrons. The molecular weight excluding hydrogens is 216 g/mol. The summed E-state index contributed by atoms with van der Waals surface area (Å²) in [7, 11) is 0. The van der Waals surface area contributed by atoms with Crippen LogP contribution in [0.15, 0.2) is 18.2 Å². The lowest BCUT2D eigenvalue weighted by Crippen LogP contribution is -2.10. The Kier molecular flexibility index (Phi) is 5.49. The van der Waals surface area contributed by atoms with Gasteiger partial charge in [-0.25, -0.2) is 0 Å². The molecule has 0 saturated heterocycles. The fraction of sp³-hybridized carbons (Fsp3) is 0.462. The van der Waals surface area contributed by atoms with Gasteiger partial charge in [0.05, 0.1) is 6.61 Å². The minimum absolute atomic E-state index is 0.258. The minimum Gasteiger partial charge on any atom is -0.493 e. The molecule has 0 bridgehead atoms. The molecule has 0 aliphatic carbocycles. The molecule has 0 heterocycles. The van der Waals surface area contributed by atoms with E-state index >= 15 is 0 Å². The number of carbonyl (C=O) groups is 1. The molecule has 0 spiro atoms. The Bertz CT molecular complexity index is 378. The van der Waals surface area contributed by atoms with Crippen LogP contribution in [0.4, 0.5) is 0 Å². The Labute approximate surface area is 102 Å². The van der Waals surface area contributed by atoms with Crippen LogP contribution in [-0.4, -0.2) is 12.5 Å². The maximum absolute atomic E-state index is 10.5. The Morgan fingerprint density at radius 1 is 1.35 bits per heavy atom. The minimum atomic E-state index is -0.258. The van der Waals surface area contributed by atoms with Crippen LogP contribution in [0.3, 0.4) is 0 Å². The molecule has 0 aliphatic rings. The highest BCUT2D eigenvalue weighted by Crippen LogP contribution is 2.19. The fourth-order valence-electron chi connectivity index (χ4n) is 1.51. The van der Waals surface area contributed by atoms with Gasteiger partial charge in [-0.15, -0.1) is 0 Å². The van der Waals surface area contributed by atoms with Gasteiger partial charge in [0, 0.05) is 13.0 Å². The van der Waals surface area contributed by atoms with Crippen molar-refractivity contribution in [3.63, 3.8) is 0 Å². The first-order valence-corrected chi connectivity index (χ1v) is 5.84. The van der Waals surface area contributed by atoms with Gasteiger partial charge in [-0.1, -0.05) is 12.1 Å². The zero-order valence-electron chi connectivity index (χ0n) is 10.2. The molecule has 1 rings (SSSR count). The molecule has 94 valence electrons. The predicted octanol–water partition coefficient (Wildman–Crippen LogP) is 1.49. The van der Waals surface area contributed by atoms with E-state index in [0.717, 1.165) is 29.7 Å². The summed E-state index contributed by atoms with van der Waals surface area (Å²) in [5.74, 6) is 0.610. The quantitative estimate of drug-likeness (QED) is 0.704. The SMILES string of the molecule is Cc1ccc(CN)cc1OCCCCC(N)=O. The van der Waals surface area contributed by atoms with E-state index in [1.807, 2.05) is 25.1 Å². The molecule has 1 aromatic carbocycles. The van der Waals surface area contributed by atoms with E-state index in [0.29, 0.717) is 19.6 Å². The summed E-state index contributed by atoms with van der Waals surface area (Å²) in [6.07, 6.45) is 2.02. The summed E-state index contributed by atoms with van der Waals surface area (Å²) in [6.45, 7) is 3.11. The summed E-state index contributed by atoms with van der Waals surface area (Å²) in [5.41, 5.74) is 12.8. The van der Waals surface area contributed by atoms with E-state index in [-0.39, 0.29) is 5.91 Å². The number of ether oxygens (including phenoxy) is 1. The lowest BCUT2D eigenvalue weighted by molar-refractivity contribution is -0.118. The summed E-state index contributed by atoms with van der Waals surface area (Å²) >= 11 is 0. The summed E-state index contributed by atoms with van der Waals surface area (Å²) in [4.78, 5) is 10.5. The molecule has 0 atom stereocenters. The summed E-state index contributed by atoms with van der Waals surface area (Å²) in [6, 6.07) is 5.96. The molecule has 1 aromatic rings. The zero-order valence-corrected chi connectivity index (χ0v) is 10.2. The van der Waals surface area contributed by atoms with Gasteiger partial charge >= 0.3 is 0 Å². The lowest BCUT2D eigenvalue weighted by Gasteiger charge is -2.10. The van der Waals surface area contributed by atoms with Crippen molar-refractivity contribution in [2.24, 2.45) is 11.5 Å². The summed E-state index contributed by atoms with van der Waals surface area (Å²) < 4.78 is 5.65. The molecular formula is C13H20N2O2. The van der Waals surface area contributed by atoms with E-state index in [2.05, 4.69) is 0 Å². The van der Waals surface area contributed by atoms with Crippen LogP contribution >= 0.6 is 0 Å². The third-order valence-corrected chi connectivity index (χ3v) is 2.56. The molecule has 0 unspecified atom stereocenters. The van der Waals surface area contributed by atoms with Crippen LogP contribution in [-0.2, 0) is 11.3 Å². The monoisotopic (exact) mass is 236 g/mol. The van der Waals surface area contributed by atoms with Crippen molar-refractivity contribution in [1.82, 2.24) is 0 Å². The van der Waals surface area contributed by atoms with Crippen molar-refractivity contribution in [3.8, 4) is 5.75 Å². The standard InChI is InChI=1S/C13H20N2O2/c1-10-5-6-11(9-14)8-12(10)17-7-3-2-4-13(15)16/h5-6,8H,2-4,7,9,14H2,1H3,(H2,15,16). The third kappa shape index (κ3) is 4.87. The molecule has 1 amide bonds. The van der Waals surface area contributed by atoms with E-state index < -0.39 is 0 Å². The maximum atomic E-state index is 10.5. The maximum Gasteiger partial charge on any atom is 0.217 e. The van der Waals surface area contributed by atoms with Crippen molar-refractivity contribution >= 4 is 5.91 Å². The highest BCUT2D eigenvalue weighted by molar-refractivity contribution is 5.73. The van der Waals surface area contributed by atoms with Gasteiger partial charge in [-0.2, -0.15) is 0 Å². The first-order valence-electron chi connectivity index (χ1n) is 5.84. The number of hydrogen-bond acceptors (Lipinski definition) is 3. The van der Waals surface area contributed by atoms with Crippen LogP contribution in [0.25, 0.3) is 0 Å². The van der Waals surface area contributed by atoms with Gasteiger partial charge in [-0.05, 0) is 37.0 Å². The Balaban J connectivity index is 2.38. The summed E-state index contributed by atoms with van der Waals surface area (Å²) in [5, 5.41) is 0. The van der Waals surface area contributed by atoms with Gasteiger partial charge < -0.3 is 16.2 Å². The Morgan fingerprint density at radius 2 is 2.12 bits per heavy atom. The van der Waals surface area contributed by atoms with Crippen LogP contribution in [0.1, 0.15) is 30.4 Å². The normalized spacial score (nSPS) is 10.2. The molecule has 4 N–H and O–H groups in total. The average Bonchev–Trinajstić information content (AvgIpc) is 2.30. The van der Waals surface area contributed by atoms with Crippen molar-refractivity contribution < 1.29 is 9.53 Å². The number of nitrogens with two attached hydrogens (primary N) is 2. The zero-order chi connectivity index (χ0) is 12.7. The van der Waals surface area contributed by atoms with Gasteiger partial charge in [0.1, 0.15) is 5.75 Å². The molecule has 0 aromatic heterocycles. The topological polar surface area (TPSA) is 78.3 Å². The number of hydrogen-bond donors (Lipinski definition) is 2. The third-order valence-electron chi connectivity index (χ3n) is 2.56. The molecule has 0 saturated carbocycles. The second-order valence-corrected chi connectivity index (χ2v) is 4.08. The first kappa shape index (κ1) is 13.5. The number of rotatable bonds is 7. The van der Waals surface area contributed by atoms with E-state index in [1.54, 1.807) is 0 Å². The molecule has 17 heavy (non-hydrogen) atoms. The van der Waals surface area contributed by atoms with Crippen LogP contribution in [0.2, 0.25) is 0 Å². The lowest BCUT2D eigenvalue weighted by atomic mass is 10.1. The number of amides is 1. The van der Waals surface area contributed by atoms with Gasteiger partial charge in [-0.3, -0.25) is 4.79 Å². The molecule has 0 fully saturated rings. The number of unbranched alkanes of at least 4 members (excludes halogenated alkanes) is 1. The molecule has 0 aliphatic heterocycles. The largest absolute Gasteiger partial charge is 0.493 e. The van der Waals surface area contributed by atoms with Crippen LogP contribution in [0.5, 0.6) is 5.75 Å². The van der Waals surface area contributed by atoms with E-state index in [1.165, 1.54) is 0 Å². The Morgan fingerprint density at radius 3 is 2.76 bits per heavy atom. The highest BCUT2D eigenvalue weighted by atomic mass is 16.5. The second kappa shape index (κ2) is 6.91. The molecule has 4 nitrogen and oxygen atoms in total. The van der Waals surface area contributed by atoms with Crippen molar-refractivity contribution in [2.75, 3.05) is 6.61 Å². The predicted molar refractivity (Wildman–Crippen MR) is 67.6 cm³/mol. The second-order valence-electron chi connectivity index (χ2n) is 4.08. The van der Waals surface area contributed by atoms with Crippen molar-refractivity contribution in [1.29, 1.82) is 0 Å². The van der Waals surface area contributed by atoms with Crippen molar-refractivity contribution in [3.05, 3.63) is 29.3 Å². The fourth-order valence-corrected chi connectivity index (χ4v) is 1.51. The molecule has 4 heteroatoms. The number of primary amides is 1. The van der Waals surface area contributed by atoms with Crippen LogP contribution in [0, 0.1) is 6.92 Å². The van der Waals surface area contributed by atoms with Crippen LogP contribution < -0.4 is 16.2 Å². The number of carbonyl (C=O) groups excluding carboxylic acids is 1. The van der Waals surface area contributed by atoms with Crippen molar-refractivity contribution in [2.45, 2.75) is 32.7 Å². The highest BCUT2D eigenvalue weighted by Gasteiger charge is 2.01. The first-order chi connectivity index (χ1) is 8.13. The van der Waals surface area contributed by atoms with Gasteiger partial charge in [0.25, 0.3) is 0 Å². The van der Waals surface area contributed by atoms with E-state index in [4.69, 9.17) is 16.2 Å². The smallest absolute Gasteiger partial charge is 0.217 e. The van der Waals surface area contributed by atoms with Gasteiger partial charge in [0.2, 0.25) is 5.91 Å². The van der Waals surface area contributed by atoms with E-state index in [9.17, 15) is 4.79 Å². The van der Waals surface area contributed by atoms with Gasteiger partial charge in [0.15, 0.2) is 0 Å². The Hall–Kier alpha value is -1.55. The average molecular weight is 236 g/mol.